The molecule has 0 saturated heterocycles. The number of rotatable bonds is 0. The van der Waals surface area contributed by atoms with Gasteiger partial charge >= 0.3 is 0 Å². The Morgan fingerprint density at radius 1 is 1.22 bits per heavy atom. The monoisotopic (exact) mass is 126 g/mol. The molecule has 1 N–H and O–H groups in total. The summed E-state index contributed by atoms with van der Waals surface area (Å²) in [4.78, 5) is 0. The highest BCUT2D eigenvalue weighted by atomic mass is 16.3. The maximum Gasteiger partial charge on any atom is 0.0574 e. The molecule has 0 saturated carbocycles. The van der Waals surface area contributed by atoms with Crippen molar-refractivity contribution in [3.63, 3.8) is 0 Å². The molecule has 1 atom stereocenters. The third kappa shape index (κ3) is 2.66. The predicted molar refractivity (Wildman–Crippen MR) is 38.2 cm³/mol. The van der Waals surface area contributed by atoms with Crippen LogP contribution in [-0.4, -0.2) is 11.2 Å². The van der Waals surface area contributed by atoms with E-state index in [1.807, 2.05) is 0 Å². The number of aliphatic hydroxyl groups is 1. The SMILES string of the molecule is OC1CC=CCCCC1. The summed E-state index contributed by atoms with van der Waals surface area (Å²) in [7, 11) is 0. The van der Waals surface area contributed by atoms with Gasteiger partial charge in [-0.3, -0.25) is 0 Å². The van der Waals surface area contributed by atoms with Crippen molar-refractivity contribution in [1.82, 2.24) is 0 Å². The fourth-order valence-electron chi connectivity index (χ4n) is 1.13. The first-order chi connectivity index (χ1) is 4.39. The standard InChI is InChI=1S/C8H14O/c9-8-6-4-2-1-3-5-7-8/h2,4,8-9H,1,3,5-7H2. The summed E-state index contributed by atoms with van der Waals surface area (Å²) < 4.78 is 0. The van der Waals surface area contributed by atoms with E-state index >= 15 is 0 Å². The molecule has 0 aromatic heterocycles. The molecular formula is C8H14O. The third-order valence-corrected chi connectivity index (χ3v) is 1.73. The fourth-order valence-corrected chi connectivity index (χ4v) is 1.13. The van der Waals surface area contributed by atoms with Crippen LogP contribution in [0.3, 0.4) is 0 Å². The second-order valence-electron chi connectivity index (χ2n) is 2.65. The topological polar surface area (TPSA) is 20.2 Å². The Morgan fingerprint density at radius 2 is 2.11 bits per heavy atom. The molecule has 0 aromatic rings. The van der Waals surface area contributed by atoms with Crippen LogP contribution >= 0.6 is 0 Å². The lowest BCUT2D eigenvalue weighted by Gasteiger charge is -2.08. The van der Waals surface area contributed by atoms with Gasteiger partial charge in [0.25, 0.3) is 0 Å². The molecule has 9 heavy (non-hydrogen) atoms. The number of allylic oxidation sites excluding steroid dienone is 1. The molecule has 0 radical (unpaired) electrons. The van der Waals surface area contributed by atoms with E-state index in [-0.39, 0.29) is 6.10 Å². The molecule has 0 spiro atoms. The van der Waals surface area contributed by atoms with Crippen molar-refractivity contribution < 1.29 is 5.11 Å². The van der Waals surface area contributed by atoms with E-state index in [1.165, 1.54) is 19.3 Å². The molecule has 1 unspecified atom stereocenters. The van der Waals surface area contributed by atoms with Crippen LogP contribution < -0.4 is 0 Å². The van der Waals surface area contributed by atoms with Crippen LogP contribution in [0, 0.1) is 0 Å². The average Bonchev–Trinajstić information content (AvgIpc) is 1.79. The summed E-state index contributed by atoms with van der Waals surface area (Å²) in [5.74, 6) is 0. The summed E-state index contributed by atoms with van der Waals surface area (Å²) in [5, 5.41) is 9.16. The molecule has 1 heteroatoms. The van der Waals surface area contributed by atoms with E-state index in [0.717, 1.165) is 12.8 Å². The summed E-state index contributed by atoms with van der Waals surface area (Å²) >= 11 is 0. The van der Waals surface area contributed by atoms with E-state index in [9.17, 15) is 0 Å². The van der Waals surface area contributed by atoms with Gasteiger partial charge in [-0.15, -0.1) is 0 Å². The van der Waals surface area contributed by atoms with Gasteiger partial charge in [0.1, 0.15) is 0 Å². The minimum atomic E-state index is -0.0680. The van der Waals surface area contributed by atoms with E-state index in [1.54, 1.807) is 0 Å². The van der Waals surface area contributed by atoms with Gasteiger partial charge in [-0.2, -0.15) is 0 Å². The molecule has 52 valence electrons. The summed E-state index contributed by atoms with van der Waals surface area (Å²) in [6.07, 6.45) is 9.67. The highest BCUT2D eigenvalue weighted by Crippen LogP contribution is 2.10. The highest BCUT2D eigenvalue weighted by Gasteiger charge is 2.02. The third-order valence-electron chi connectivity index (χ3n) is 1.73. The lowest BCUT2D eigenvalue weighted by Crippen LogP contribution is -2.05. The number of hydrogen-bond donors (Lipinski definition) is 1. The summed E-state index contributed by atoms with van der Waals surface area (Å²) in [6.45, 7) is 0. The maximum atomic E-state index is 9.16. The van der Waals surface area contributed by atoms with Crippen LogP contribution in [0.25, 0.3) is 0 Å². The average molecular weight is 126 g/mol. The zero-order valence-corrected chi connectivity index (χ0v) is 5.71. The first-order valence-electron chi connectivity index (χ1n) is 3.72. The van der Waals surface area contributed by atoms with E-state index < -0.39 is 0 Å². The lowest BCUT2D eigenvalue weighted by molar-refractivity contribution is 0.163. The zero-order valence-electron chi connectivity index (χ0n) is 5.71. The van der Waals surface area contributed by atoms with Crippen LogP contribution in [0.15, 0.2) is 12.2 Å². The highest BCUT2D eigenvalue weighted by molar-refractivity contribution is 4.85. The van der Waals surface area contributed by atoms with E-state index in [2.05, 4.69) is 12.2 Å². The van der Waals surface area contributed by atoms with Crippen LogP contribution in [0.1, 0.15) is 32.1 Å². The second kappa shape index (κ2) is 3.67. The van der Waals surface area contributed by atoms with Crippen molar-refractivity contribution in [3.8, 4) is 0 Å². The molecule has 0 fully saturated rings. The van der Waals surface area contributed by atoms with Crippen LogP contribution in [0.4, 0.5) is 0 Å². The second-order valence-corrected chi connectivity index (χ2v) is 2.65. The normalized spacial score (nSPS) is 29.2. The van der Waals surface area contributed by atoms with Crippen molar-refractivity contribution >= 4 is 0 Å². The first kappa shape index (κ1) is 6.81. The summed E-state index contributed by atoms with van der Waals surface area (Å²) in [5.41, 5.74) is 0. The van der Waals surface area contributed by atoms with Gasteiger partial charge in [-0.25, -0.2) is 0 Å². The fraction of sp³-hybridized carbons (Fsp3) is 0.750. The minimum absolute atomic E-state index is 0.0680. The quantitative estimate of drug-likeness (QED) is 0.491. The molecular weight excluding hydrogens is 112 g/mol. The zero-order chi connectivity index (χ0) is 6.53. The molecule has 0 aromatic carbocycles. The van der Waals surface area contributed by atoms with Crippen molar-refractivity contribution in [2.45, 2.75) is 38.2 Å². The van der Waals surface area contributed by atoms with Crippen molar-refractivity contribution in [2.75, 3.05) is 0 Å². The van der Waals surface area contributed by atoms with Crippen LogP contribution in [-0.2, 0) is 0 Å². The largest absolute Gasteiger partial charge is 0.393 e. The van der Waals surface area contributed by atoms with Crippen molar-refractivity contribution in [2.24, 2.45) is 0 Å². The lowest BCUT2D eigenvalue weighted by atomic mass is 10.0. The number of hydrogen-bond acceptors (Lipinski definition) is 1. The predicted octanol–water partition coefficient (Wildman–Crippen LogP) is 1.87. The van der Waals surface area contributed by atoms with Gasteiger partial charge in [0, 0.05) is 0 Å². The van der Waals surface area contributed by atoms with Gasteiger partial charge in [0.05, 0.1) is 6.10 Å². The minimum Gasteiger partial charge on any atom is -0.393 e. The van der Waals surface area contributed by atoms with Gasteiger partial charge in [-0.1, -0.05) is 18.6 Å². The van der Waals surface area contributed by atoms with E-state index in [4.69, 9.17) is 5.11 Å². The van der Waals surface area contributed by atoms with Gasteiger partial charge in [-0.05, 0) is 25.7 Å². The van der Waals surface area contributed by atoms with Crippen LogP contribution in [0.2, 0.25) is 0 Å². The Hall–Kier alpha value is -0.300. The first-order valence-corrected chi connectivity index (χ1v) is 3.72. The Morgan fingerprint density at radius 3 is 3.00 bits per heavy atom. The van der Waals surface area contributed by atoms with Gasteiger partial charge in [0.2, 0.25) is 0 Å². The van der Waals surface area contributed by atoms with Gasteiger partial charge < -0.3 is 5.11 Å². The Balaban J connectivity index is 2.28. The smallest absolute Gasteiger partial charge is 0.0574 e. The van der Waals surface area contributed by atoms with Crippen LogP contribution in [0.5, 0.6) is 0 Å². The molecule has 1 aliphatic rings. The Labute approximate surface area is 56.4 Å². The molecule has 1 rings (SSSR count). The molecule has 0 amide bonds. The molecule has 1 nitrogen and oxygen atoms in total. The van der Waals surface area contributed by atoms with Gasteiger partial charge in [0.15, 0.2) is 0 Å². The molecule has 0 aliphatic heterocycles. The van der Waals surface area contributed by atoms with Crippen molar-refractivity contribution in [3.05, 3.63) is 12.2 Å². The summed E-state index contributed by atoms with van der Waals surface area (Å²) in [6, 6.07) is 0. The molecule has 0 bridgehead atoms. The Kier molecular flexibility index (Phi) is 2.78. The maximum absolute atomic E-state index is 9.16. The molecule has 1 aliphatic carbocycles. The number of aliphatic hydroxyl groups excluding tert-OH is 1. The van der Waals surface area contributed by atoms with Crippen molar-refractivity contribution in [1.29, 1.82) is 0 Å². The Bertz CT molecular complexity index is 96.7. The van der Waals surface area contributed by atoms with E-state index in [0.29, 0.717) is 0 Å². The molecule has 0 heterocycles.